The lowest BCUT2D eigenvalue weighted by molar-refractivity contribution is -0.345. The van der Waals surface area contributed by atoms with Crippen LogP contribution in [0.5, 0.6) is 0 Å². The Morgan fingerprint density at radius 3 is 2.43 bits per heavy atom. The summed E-state index contributed by atoms with van der Waals surface area (Å²) in [5, 5.41) is 0. The number of alkyl halides is 3. The van der Waals surface area contributed by atoms with E-state index in [1.165, 1.54) is 34.8 Å². The second-order valence-corrected chi connectivity index (χ2v) is 4.92. The molecule has 2 rings (SSSR count). The molecule has 8 heteroatoms. The second-order valence-electron chi connectivity index (χ2n) is 4.92. The minimum Gasteiger partial charge on any atom is -0.338 e. The topological polar surface area (TPSA) is 51.5 Å². The minimum absolute atomic E-state index is 0.136. The van der Waals surface area contributed by atoms with Crippen LogP contribution >= 0.6 is 0 Å². The summed E-state index contributed by atoms with van der Waals surface area (Å²) >= 11 is 0. The van der Waals surface area contributed by atoms with E-state index in [0.717, 1.165) is 0 Å². The summed E-state index contributed by atoms with van der Waals surface area (Å²) in [7, 11) is 1.53. The Kier molecular flexibility index (Phi) is 4.36. The van der Waals surface area contributed by atoms with Gasteiger partial charge in [-0.2, -0.15) is 0 Å². The van der Waals surface area contributed by atoms with Crippen molar-refractivity contribution >= 4 is 5.91 Å². The first-order chi connectivity index (χ1) is 9.76. The average molecular weight is 304 g/mol. The van der Waals surface area contributed by atoms with Crippen LogP contribution in [0.4, 0.5) is 13.2 Å². The van der Waals surface area contributed by atoms with Crippen LogP contribution < -0.4 is 5.56 Å². The first kappa shape index (κ1) is 15.6. The third-order valence-electron chi connectivity index (χ3n) is 3.36. The molecule has 116 valence electrons. The Morgan fingerprint density at radius 2 is 1.90 bits per heavy atom. The van der Waals surface area contributed by atoms with E-state index in [1.807, 2.05) is 0 Å². The van der Waals surface area contributed by atoms with Crippen molar-refractivity contribution in [3.05, 3.63) is 34.2 Å². The fourth-order valence-corrected chi connectivity index (χ4v) is 2.27. The maximum absolute atomic E-state index is 12.2. The minimum atomic E-state index is -4.64. The highest BCUT2D eigenvalue weighted by molar-refractivity contribution is 5.93. The van der Waals surface area contributed by atoms with Crippen LogP contribution in [0.3, 0.4) is 0 Å². The molecule has 0 spiro atoms. The zero-order valence-corrected chi connectivity index (χ0v) is 11.4. The Morgan fingerprint density at radius 1 is 1.29 bits per heavy atom. The zero-order valence-electron chi connectivity index (χ0n) is 11.4. The Balaban J connectivity index is 1.97. The van der Waals surface area contributed by atoms with E-state index in [1.54, 1.807) is 0 Å². The summed E-state index contributed by atoms with van der Waals surface area (Å²) in [5.41, 5.74) is 0.108. The standard InChI is InChI=1S/C13H15F3N2O3/c1-17-8-9(2-3-11(17)19)12(20)18-6-4-10(5-7-18)21-13(14,15)16/h2-3,8,10H,4-7H2,1H3. The molecule has 1 aromatic heterocycles. The number of likely N-dealkylation sites (tertiary alicyclic amines) is 1. The van der Waals surface area contributed by atoms with Gasteiger partial charge in [0, 0.05) is 32.4 Å². The van der Waals surface area contributed by atoms with Gasteiger partial charge in [-0.15, -0.1) is 13.2 Å². The molecule has 0 saturated carbocycles. The molecule has 0 aromatic carbocycles. The molecule has 0 atom stereocenters. The fraction of sp³-hybridized carbons (Fsp3) is 0.538. The number of amides is 1. The Labute approximate surface area is 118 Å². The lowest BCUT2D eigenvalue weighted by Gasteiger charge is -2.32. The maximum atomic E-state index is 12.2. The number of rotatable bonds is 2. The third kappa shape index (κ3) is 4.07. The molecule has 1 fully saturated rings. The highest BCUT2D eigenvalue weighted by atomic mass is 19.4. The predicted molar refractivity (Wildman–Crippen MR) is 67.7 cm³/mol. The molecule has 0 radical (unpaired) electrons. The molecular weight excluding hydrogens is 289 g/mol. The SMILES string of the molecule is Cn1cc(C(=O)N2CCC(OC(F)(F)F)CC2)ccc1=O. The molecule has 0 bridgehead atoms. The lowest BCUT2D eigenvalue weighted by Crippen LogP contribution is -2.42. The van der Waals surface area contributed by atoms with Crippen LogP contribution in [0.15, 0.2) is 23.1 Å². The molecule has 1 aromatic rings. The van der Waals surface area contributed by atoms with Crippen molar-refractivity contribution in [3.8, 4) is 0 Å². The number of carbonyl (C=O) groups excluding carboxylic acids is 1. The normalized spacial score (nSPS) is 17.0. The molecule has 0 aliphatic carbocycles. The van der Waals surface area contributed by atoms with Gasteiger partial charge in [-0.1, -0.05) is 0 Å². The first-order valence-electron chi connectivity index (χ1n) is 6.47. The summed E-state index contributed by atoms with van der Waals surface area (Å²) < 4.78 is 41.6. The molecule has 21 heavy (non-hydrogen) atoms. The highest BCUT2D eigenvalue weighted by Gasteiger charge is 2.35. The lowest BCUT2D eigenvalue weighted by atomic mass is 10.1. The molecule has 1 aliphatic rings. The van der Waals surface area contributed by atoms with Crippen LogP contribution in [-0.4, -0.2) is 40.9 Å². The number of aromatic nitrogens is 1. The van der Waals surface area contributed by atoms with Gasteiger partial charge in [0.05, 0.1) is 11.7 Å². The van der Waals surface area contributed by atoms with Crippen molar-refractivity contribution in [1.82, 2.24) is 9.47 Å². The summed E-state index contributed by atoms with van der Waals surface area (Å²) in [5.74, 6) is -0.295. The number of nitrogens with zero attached hydrogens (tertiary/aromatic N) is 2. The van der Waals surface area contributed by atoms with Crippen LogP contribution in [0, 0.1) is 0 Å². The van der Waals surface area contributed by atoms with Gasteiger partial charge in [0.2, 0.25) is 5.56 Å². The van der Waals surface area contributed by atoms with Crippen LogP contribution in [0.25, 0.3) is 0 Å². The van der Waals surface area contributed by atoms with E-state index in [-0.39, 0.29) is 37.4 Å². The molecule has 2 heterocycles. The smallest absolute Gasteiger partial charge is 0.338 e. The number of pyridine rings is 1. The summed E-state index contributed by atoms with van der Waals surface area (Å²) in [6.45, 7) is 0.394. The van der Waals surface area contributed by atoms with Crippen LogP contribution in [-0.2, 0) is 11.8 Å². The summed E-state index contributed by atoms with van der Waals surface area (Å²) in [4.78, 5) is 24.9. The largest absolute Gasteiger partial charge is 0.522 e. The Hall–Kier alpha value is -1.83. The van der Waals surface area contributed by atoms with E-state index >= 15 is 0 Å². The summed E-state index contributed by atoms with van der Waals surface area (Å²) in [6, 6.07) is 2.70. The van der Waals surface area contributed by atoms with Gasteiger partial charge in [-0.05, 0) is 18.9 Å². The van der Waals surface area contributed by atoms with Crippen molar-refractivity contribution in [2.45, 2.75) is 25.3 Å². The number of carbonyl (C=O) groups is 1. The predicted octanol–water partition coefficient (Wildman–Crippen LogP) is 1.53. The number of hydrogen-bond donors (Lipinski definition) is 0. The van der Waals surface area contributed by atoms with Gasteiger partial charge >= 0.3 is 6.36 Å². The van der Waals surface area contributed by atoms with Crippen molar-refractivity contribution in [1.29, 1.82) is 0 Å². The Bertz CT molecular complexity index is 575. The van der Waals surface area contributed by atoms with Gasteiger partial charge in [0.25, 0.3) is 5.91 Å². The van der Waals surface area contributed by atoms with Crippen molar-refractivity contribution < 1.29 is 22.7 Å². The number of aryl methyl sites for hydroxylation is 1. The number of hydrogen-bond acceptors (Lipinski definition) is 3. The van der Waals surface area contributed by atoms with E-state index in [9.17, 15) is 22.8 Å². The molecule has 1 saturated heterocycles. The molecule has 1 aliphatic heterocycles. The quantitative estimate of drug-likeness (QED) is 0.832. The van der Waals surface area contributed by atoms with E-state index in [2.05, 4.69) is 4.74 Å². The second kappa shape index (κ2) is 5.88. The van der Waals surface area contributed by atoms with E-state index < -0.39 is 12.5 Å². The first-order valence-corrected chi connectivity index (χ1v) is 6.47. The van der Waals surface area contributed by atoms with Crippen molar-refractivity contribution in [2.24, 2.45) is 7.05 Å². The van der Waals surface area contributed by atoms with E-state index in [4.69, 9.17) is 0 Å². The molecule has 1 amide bonds. The highest BCUT2D eigenvalue weighted by Crippen LogP contribution is 2.24. The molecular formula is C13H15F3N2O3. The number of halogens is 3. The molecule has 5 nitrogen and oxygen atoms in total. The maximum Gasteiger partial charge on any atom is 0.522 e. The summed E-state index contributed by atoms with van der Waals surface area (Å²) in [6.07, 6.45) is -3.86. The van der Waals surface area contributed by atoms with Gasteiger partial charge < -0.3 is 9.47 Å². The molecule has 0 unspecified atom stereocenters. The van der Waals surface area contributed by atoms with Gasteiger partial charge in [-0.3, -0.25) is 14.3 Å². The van der Waals surface area contributed by atoms with Crippen LogP contribution in [0.2, 0.25) is 0 Å². The van der Waals surface area contributed by atoms with Crippen molar-refractivity contribution in [3.63, 3.8) is 0 Å². The number of ether oxygens (including phenoxy) is 1. The van der Waals surface area contributed by atoms with E-state index in [0.29, 0.717) is 5.56 Å². The fourth-order valence-electron chi connectivity index (χ4n) is 2.27. The third-order valence-corrected chi connectivity index (χ3v) is 3.36. The monoisotopic (exact) mass is 304 g/mol. The molecule has 0 N–H and O–H groups in total. The van der Waals surface area contributed by atoms with Gasteiger partial charge in [-0.25, -0.2) is 0 Å². The van der Waals surface area contributed by atoms with Crippen LogP contribution in [0.1, 0.15) is 23.2 Å². The van der Waals surface area contributed by atoms with Gasteiger partial charge in [0.1, 0.15) is 0 Å². The average Bonchev–Trinajstić information content (AvgIpc) is 2.40. The van der Waals surface area contributed by atoms with Crippen molar-refractivity contribution in [2.75, 3.05) is 13.1 Å². The number of piperidine rings is 1. The van der Waals surface area contributed by atoms with Gasteiger partial charge in [0.15, 0.2) is 0 Å². The zero-order chi connectivity index (χ0) is 15.6.